The number of cyclic esters (lactones) is 1. The van der Waals surface area contributed by atoms with E-state index in [0.717, 1.165) is 0 Å². The summed E-state index contributed by atoms with van der Waals surface area (Å²) >= 11 is 1.32. The second-order valence-corrected chi connectivity index (χ2v) is 7.39. The largest absolute Gasteiger partial charge is 0.423 e. The van der Waals surface area contributed by atoms with Crippen LogP contribution >= 0.6 is 11.8 Å². The van der Waals surface area contributed by atoms with Crippen LogP contribution in [-0.2, 0) is 14.3 Å². The molecule has 0 radical (unpaired) electrons. The van der Waals surface area contributed by atoms with Crippen molar-refractivity contribution in [1.82, 2.24) is 10.3 Å². The van der Waals surface area contributed by atoms with Crippen LogP contribution in [0.2, 0.25) is 0 Å². The van der Waals surface area contributed by atoms with Gasteiger partial charge in [-0.2, -0.15) is 10.1 Å². The number of halogens is 1. The predicted molar refractivity (Wildman–Crippen MR) is 105 cm³/mol. The van der Waals surface area contributed by atoms with Crippen molar-refractivity contribution in [3.8, 4) is 0 Å². The first-order valence-corrected chi connectivity index (χ1v) is 9.76. The maximum absolute atomic E-state index is 14.7. The zero-order valence-corrected chi connectivity index (χ0v) is 16.2. The van der Waals surface area contributed by atoms with E-state index in [1.807, 2.05) is 0 Å². The van der Waals surface area contributed by atoms with Crippen molar-refractivity contribution < 1.29 is 23.5 Å². The molecular formula is C17H17FN6O4S. The highest BCUT2D eigenvalue weighted by molar-refractivity contribution is 8.14. The lowest BCUT2D eigenvalue weighted by molar-refractivity contribution is -0.121. The van der Waals surface area contributed by atoms with Crippen LogP contribution in [0.15, 0.2) is 28.3 Å². The molecule has 3 aliphatic heterocycles. The first-order valence-electron chi connectivity index (χ1n) is 8.78. The summed E-state index contributed by atoms with van der Waals surface area (Å²) < 4.78 is 19.8. The summed E-state index contributed by atoms with van der Waals surface area (Å²) in [6, 6.07) is 4.39. The molecule has 1 N–H and O–H groups in total. The average Bonchev–Trinajstić information content (AvgIpc) is 3.27. The molecule has 1 fully saturated rings. The molecule has 0 unspecified atom stereocenters. The SMILES string of the molecule is CC(=O)N[C@H]1CN(c2ccc(N3C=NN(C4=NC(=O)CS4)CC3)c(F)c2)C(=O)O1. The van der Waals surface area contributed by atoms with Gasteiger partial charge in [0.15, 0.2) is 11.4 Å². The fourth-order valence-electron chi connectivity index (χ4n) is 3.07. The van der Waals surface area contributed by atoms with Gasteiger partial charge in [-0.3, -0.25) is 14.5 Å². The van der Waals surface area contributed by atoms with Gasteiger partial charge in [0.05, 0.1) is 30.2 Å². The van der Waals surface area contributed by atoms with Gasteiger partial charge in [-0.05, 0) is 18.2 Å². The Balaban J connectivity index is 1.46. The fraction of sp³-hybridized carbons (Fsp3) is 0.353. The number of carbonyl (C=O) groups is 3. The average molecular weight is 420 g/mol. The number of ether oxygens (including phenoxy) is 1. The minimum atomic E-state index is -0.772. The van der Waals surface area contributed by atoms with Gasteiger partial charge in [0.1, 0.15) is 12.2 Å². The molecule has 0 saturated carbocycles. The Morgan fingerprint density at radius 3 is 2.79 bits per heavy atom. The second-order valence-electron chi connectivity index (χ2n) is 6.44. The Morgan fingerprint density at radius 2 is 2.17 bits per heavy atom. The molecule has 1 aromatic rings. The minimum absolute atomic E-state index is 0.0931. The van der Waals surface area contributed by atoms with Gasteiger partial charge >= 0.3 is 6.09 Å². The van der Waals surface area contributed by atoms with Crippen LogP contribution in [-0.4, -0.2) is 66.0 Å². The molecule has 10 nitrogen and oxygen atoms in total. The standard InChI is InChI=1S/C17H17FN6O4S/c1-10(25)20-15-7-23(17(27)28-15)11-2-3-13(12(18)6-11)22-4-5-24(19-9-22)16-21-14(26)8-29-16/h2-3,6,9,15H,4-5,7-8H2,1H3,(H,20,25)/t15-/m1/s1. The fourth-order valence-corrected chi connectivity index (χ4v) is 3.84. The normalized spacial score (nSPS) is 21.5. The monoisotopic (exact) mass is 420 g/mol. The number of hydrogen-bond donors (Lipinski definition) is 1. The Bertz CT molecular complexity index is 938. The maximum Gasteiger partial charge on any atom is 0.416 e. The highest BCUT2D eigenvalue weighted by Crippen LogP contribution is 2.28. The summed E-state index contributed by atoms with van der Waals surface area (Å²) in [6.45, 7) is 2.31. The quantitative estimate of drug-likeness (QED) is 0.776. The van der Waals surface area contributed by atoms with Crippen LogP contribution < -0.4 is 15.1 Å². The van der Waals surface area contributed by atoms with Crippen molar-refractivity contribution >= 4 is 52.6 Å². The lowest BCUT2D eigenvalue weighted by Gasteiger charge is -2.29. The summed E-state index contributed by atoms with van der Waals surface area (Å²) in [5, 5.41) is 8.89. The number of amidine groups is 1. The predicted octanol–water partition coefficient (Wildman–Crippen LogP) is 0.939. The van der Waals surface area contributed by atoms with Gasteiger partial charge in [-0.15, -0.1) is 0 Å². The third-order valence-electron chi connectivity index (χ3n) is 4.38. The molecule has 1 saturated heterocycles. The first kappa shape index (κ1) is 19.2. The molecule has 3 amide bonds. The number of amides is 3. The maximum atomic E-state index is 14.7. The summed E-state index contributed by atoms with van der Waals surface area (Å²) in [6.07, 6.45) is 0.0476. The zero-order valence-electron chi connectivity index (χ0n) is 15.4. The molecule has 3 aliphatic rings. The number of aliphatic imine (C=N–C) groups is 1. The Hall–Kier alpha value is -3.15. The van der Waals surface area contributed by atoms with Crippen LogP contribution in [0.1, 0.15) is 6.92 Å². The Labute approximate surface area is 169 Å². The number of nitrogens with zero attached hydrogens (tertiary/aromatic N) is 5. The number of nitrogens with one attached hydrogen (secondary N) is 1. The lowest BCUT2D eigenvalue weighted by atomic mass is 10.2. The van der Waals surface area contributed by atoms with Crippen molar-refractivity contribution in [2.75, 3.05) is 35.2 Å². The third kappa shape index (κ3) is 4.01. The summed E-state index contributed by atoms with van der Waals surface area (Å²) in [4.78, 5) is 41.2. The highest BCUT2D eigenvalue weighted by atomic mass is 32.2. The van der Waals surface area contributed by atoms with E-state index in [1.54, 1.807) is 22.0 Å². The van der Waals surface area contributed by atoms with Gasteiger partial charge in [0.25, 0.3) is 5.91 Å². The lowest BCUT2D eigenvalue weighted by Crippen LogP contribution is -2.40. The minimum Gasteiger partial charge on any atom is -0.423 e. The zero-order chi connectivity index (χ0) is 20.5. The Morgan fingerprint density at radius 1 is 1.34 bits per heavy atom. The van der Waals surface area contributed by atoms with E-state index >= 15 is 0 Å². The topological polar surface area (TPSA) is 107 Å². The van der Waals surface area contributed by atoms with E-state index in [2.05, 4.69) is 15.4 Å². The number of hydrogen-bond acceptors (Lipinski definition) is 8. The van der Waals surface area contributed by atoms with Crippen molar-refractivity contribution in [3.63, 3.8) is 0 Å². The number of rotatable bonds is 3. The van der Waals surface area contributed by atoms with Crippen LogP contribution in [0.4, 0.5) is 20.6 Å². The number of thioether (sulfide) groups is 1. The molecule has 1 atom stereocenters. The van der Waals surface area contributed by atoms with E-state index in [4.69, 9.17) is 4.74 Å². The number of carbonyl (C=O) groups excluding carboxylic acids is 3. The molecule has 152 valence electrons. The van der Waals surface area contributed by atoms with E-state index in [0.29, 0.717) is 35.4 Å². The molecule has 3 heterocycles. The molecule has 0 spiro atoms. The van der Waals surface area contributed by atoms with E-state index in [1.165, 1.54) is 36.0 Å². The smallest absolute Gasteiger partial charge is 0.416 e. The third-order valence-corrected chi connectivity index (χ3v) is 5.33. The van der Waals surface area contributed by atoms with Gasteiger partial charge in [-0.1, -0.05) is 11.8 Å². The molecule has 0 aromatic heterocycles. The van der Waals surface area contributed by atoms with Crippen LogP contribution in [0, 0.1) is 5.82 Å². The molecule has 1 aromatic carbocycles. The van der Waals surface area contributed by atoms with Gasteiger partial charge in [0.2, 0.25) is 5.91 Å². The van der Waals surface area contributed by atoms with Crippen LogP contribution in [0.25, 0.3) is 0 Å². The Kier molecular flexibility index (Phi) is 5.09. The van der Waals surface area contributed by atoms with Crippen molar-refractivity contribution in [2.24, 2.45) is 10.1 Å². The number of hydrazone groups is 1. The summed E-state index contributed by atoms with van der Waals surface area (Å²) in [5.41, 5.74) is 0.634. The van der Waals surface area contributed by atoms with Crippen molar-refractivity contribution in [3.05, 3.63) is 24.0 Å². The molecular weight excluding hydrogens is 403 g/mol. The van der Waals surface area contributed by atoms with Crippen LogP contribution in [0.5, 0.6) is 0 Å². The van der Waals surface area contributed by atoms with E-state index in [9.17, 15) is 18.8 Å². The van der Waals surface area contributed by atoms with Crippen LogP contribution in [0.3, 0.4) is 0 Å². The highest BCUT2D eigenvalue weighted by Gasteiger charge is 2.33. The molecule has 0 bridgehead atoms. The molecule has 12 heteroatoms. The number of benzene rings is 1. The van der Waals surface area contributed by atoms with Crippen molar-refractivity contribution in [1.29, 1.82) is 0 Å². The number of anilines is 2. The van der Waals surface area contributed by atoms with Gasteiger partial charge < -0.3 is 15.0 Å². The van der Waals surface area contributed by atoms with Gasteiger partial charge in [0, 0.05) is 13.5 Å². The second kappa shape index (κ2) is 7.70. The molecule has 29 heavy (non-hydrogen) atoms. The van der Waals surface area contributed by atoms with E-state index in [-0.39, 0.29) is 18.4 Å². The first-order chi connectivity index (χ1) is 13.9. The van der Waals surface area contributed by atoms with E-state index < -0.39 is 18.1 Å². The van der Waals surface area contributed by atoms with Gasteiger partial charge in [-0.25, -0.2) is 14.2 Å². The summed E-state index contributed by atoms with van der Waals surface area (Å²) in [7, 11) is 0. The van der Waals surface area contributed by atoms with Crippen molar-refractivity contribution in [2.45, 2.75) is 13.2 Å². The molecule has 4 rings (SSSR count). The molecule has 0 aliphatic carbocycles. The summed E-state index contributed by atoms with van der Waals surface area (Å²) in [5.74, 6) is -0.731.